The van der Waals surface area contributed by atoms with Gasteiger partial charge in [-0.15, -0.1) is 0 Å². The maximum absolute atomic E-state index is 13.5. The molecule has 1 N–H and O–H groups in total. The molecule has 2 amide bonds. The topological polar surface area (TPSA) is 86.8 Å². The van der Waals surface area contributed by atoms with E-state index in [2.05, 4.69) is 5.32 Å². The van der Waals surface area contributed by atoms with Crippen molar-refractivity contribution in [1.29, 1.82) is 0 Å². The van der Waals surface area contributed by atoms with Crippen LogP contribution in [0.1, 0.15) is 32.8 Å². The summed E-state index contributed by atoms with van der Waals surface area (Å²) in [7, 11) is -3.89. The number of carbonyl (C=O) groups excluding carboxylic acids is 2. The van der Waals surface area contributed by atoms with Gasteiger partial charge in [-0.1, -0.05) is 59.4 Å². The average Bonchev–Trinajstić information content (AvgIpc) is 2.77. The largest absolute Gasteiger partial charge is 0.352 e. The van der Waals surface area contributed by atoms with Crippen LogP contribution in [0.4, 0.5) is 5.69 Å². The van der Waals surface area contributed by atoms with Crippen molar-refractivity contribution >= 4 is 73.9 Å². The Morgan fingerprint density at radius 1 is 0.971 bits per heavy atom. The van der Waals surface area contributed by atoms with Gasteiger partial charge in [0.15, 0.2) is 0 Å². The standard InChI is InChI=1S/C23H27Cl4N3O4S/c1-5-14(2)28-23(32)15(3)29(12-16-6-7-17(24)10-20(16)26)22(31)13-30(35(4,33)34)18-8-9-19(25)21(27)11-18/h6-11,14-15H,5,12-13H2,1-4H3,(H,28,32)/t14-,15+/m1/s1. The lowest BCUT2D eigenvalue weighted by atomic mass is 10.1. The van der Waals surface area contributed by atoms with Gasteiger partial charge in [-0.05, 0) is 56.2 Å². The fourth-order valence-corrected chi connectivity index (χ4v) is 4.74. The molecule has 12 heteroatoms. The summed E-state index contributed by atoms with van der Waals surface area (Å²) in [5, 5.41) is 3.96. The molecule has 2 rings (SSSR count). The molecule has 2 atom stereocenters. The quantitative estimate of drug-likeness (QED) is 0.406. The molecule has 0 aliphatic carbocycles. The fraction of sp³-hybridized carbons (Fsp3) is 0.391. The van der Waals surface area contributed by atoms with Crippen LogP contribution in [0, 0.1) is 0 Å². The monoisotopic (exact) mass is 581 g/mol. The van der Waals surface area contributed by atoms with E-state index in [-0.39, 0.29) is 34.2 Å². The molecule has 0 saturated heterocycles. The summed E-state index contributed by atoms with van der Waals surface area (Å²) >= 11 is 24.3. The van der Waals surface area contributed by atoms with E-state index >= 15 is 0 Å². The molecule has 0 saturated carbocycles. The van der Waals surface area contributed by atoms with E-state index in [0.717, 1.165) is 10.6 Å². The Bertz CT molecular complexity index is 1190. The predicted molar refractivity (Wildman–Crippen MR) is 143 cm³/mol. The summed E-state index contributed by atoms with van der Waals surface area (Å²) in [4.78, 5) is 27.7. The Morgan fingerprint density at radius 3 is 2.17 bits per heavy atom. The van der Waals surface area contributed by atoms with Crippen molar-refractivity contribution in [2.24, 2.45) is 0 Å². The maximum Gasteiger partial charge on any atom is 0.244 e. The maximum atomic E-state index is 13.5. The Kier molecular flexibility index (Phi) is 10.5. The zero-order valence-corrected chi connectivity index (χ0v) is 23.5. The first-order valence-electron chi connectivity index (χ1n) is 10.7. The van der Waals surface area contributed by atoms with Gasteiger partial charge in [-0.25, -0.2) is 8.42 Å². The van der Waals surface area contributed by atoms with Gasteiger partial charge in [0.05, 0.1) is 22.0 Å². The zero-order valence-electron chi connectivity index (χ0n) is 19.7. The summed E-state index contributed by atoms with van der Waals surface area (Å²) in [6.45, 7) is 4.74. The van der Waals surface area contributed by atoms with Crippen LogP contribution >= 0.6 is 46.4 Å². The second-order valence-electron chi connectivity index (χ2n) is 8.12. The Labute approximate surface area is 226 Å². The summed E-state index contributed by atoms with van der Waals surface area (Å²) in [5.74, 6) is -0.988. The van der Waals surface area contributed by atoms with E-state index in [0.29, 0.717) is 22.0 Å². The molecule has 0 aliphatic rings. The molecule has 0 fully saturated rings. The van der Waals surface area contributed by atoms with Gasteiger partial charge in [0, 0.05) is 22.6 Å². The Hall–Kier alpha value is -1.71. The first-order valence-corrected chi connectivity index (χ1v) is 14.1. The molecule has 7 nitrogen and oxygen atoms in total. The number of nitrogens with one attached hydrogen (secondary N) is 1. The third-order valence-corrected chi connectivity index (χ3v) is 7.86. The molecule has 192 valence electrons. The SMILES string of the molecule is CC[C@@H](C)NC(=O)[C@H](C)N(Cc1ccc(Cl)cc1Cl)C(=O)CN(c1ccc(Cl)c(Cl)c1)S(C)(=O)=O. The van der Waals surface area contributed by atoms with E-state index < -0.39 is 28.5 Å². The number of anilines is 1. The highest BCUT2D eigenvalue weighted by Gasteiger charge is 2.31. The minimum Gasteiger partial charge on any atom is -0.352 e. The van der Waals surface area contributed by atoms with Gasteiger partial charge in [0.2, 0.25) is 21.8 Å². The summed E-state index contributed by atoms with van der Waals surface area (Å²) in [5.41, 5.74) is 0.712. The van der Waals surface area contributed by atoms with Gasteiger partial charge in [0.1, 0.15) is 12.6 Å². The van der Waals surface area contributed by atoms with Crippen LogP contribution < -0.4 is 9.62 Å². The molecule has 0 bridgehead atoms. The van der Waals surface area contributed by atoms with Crippen LogP contribution in [0.15, 0.2) is 36.4 Å². The zero-order chi connectivity index (χ0) is 26.5. The first kappa shape index (κ1) is 29.5. The molecule has 0 unspecified atom stereocenters. The second kappa shape index (κ2) is 12.5. The van der Waals surface area contributed by atoms with E-state index in [1.54, 1.807) is 19.1 Å². The second-order valence-corrected chi connectivity index (χ2v) is 11.7. The number of hydrogen-bond donors (Lipinski definition) is 1. The van der Waals surface area contributed by atoms with Gasteiger partial charge >= 0.3 is 0 Å². The molecule has 0 aliphatic heterocycles. The lowest BCUT2D eigenvalue weighted by Gasteiger charge is -2.32. The van der Waals surface area contributed by atoms with Crippen molar-refractivity contribution in [3.63, 3.8) is 0 Å². The van der Waals surface area contributed by atoms with Crippen molar-refractivity contribution in [2.45, 2.75) is 45.8 Å². The minimum atomic E-state index is -3.89. The molecular weight excluding hydrogens is 556 g/mol. The van der Waals surface area contributed by atoms with Crippen molar-refractivity contribution in [1.82, 2.24) is 10.2 Å². The molecule has 2 aromatic carbocycles. The number of rotatable bonds is 10. The lowest BCUT2D eigenvalue weighted by Crippen LogP contribution is -2.52. The highest BCUT2D eigenvalue weighted by Crippen LogP contribution is 2.29. The van der Waals surface area contributed by atoms with Crippen LogP contribution in [0.25, 0.3) is 0 Å². The smallest absolute Gasteiger partial charge is 0.244 e. The number of amides is 2. The normalized spacial score (nSPS) is 13.1. The number of carbonyl (C=O) groups is 2. The van der Waals surface area contributed by atoms with Crippen LogP contribution in [-0.4, -0.2) is 50.0 Å². The Balaban J connectivity index is 2.44. The van der Waals surface area contributed by atoms with Crippen LogP contribution in [0.5, 0.6) is 0 Å². The predicted octanol–water partition coefficient (Wildman–Crippen LogP) is 5.40. The lowest BCUT2D eigenvalue weighted by molar-refractivity contribution is -0.139. The molecule has 0 heterocycles. The third kappa shape index (κ3) is 8.15. The van der Waals surface area contributed by atoms with E-state index in [1.165, 1.54) is 29.2 Å². The van der Waals surface area contributed by atoms with E-state index in [9.17, 15) is 18.0 Å². The van der Waals surface area contributed by atoms with Crippen molar-refractivity contribution in [2.75, 3.05) is 17.1 Å². The van der Waals surface area contributed by atoms with Gasteiger partial charge < -0.3 is 10.2 Å². The molecular formula is C23H27Cl4N3O4S. The highest BCUT2D eigenvalue weighted by atomic mass is 35.5. The summed E-state index contributed by atoms with van der Waals surface area (Å²) in [6.07, 6.45) is 1.68. The molecule has 0 spiro atoms. The van der Waals surface area contributed by atoms with Crippen LogP contribution in [-0.2, 0) is 26.2 Å². The van der Waals surface area contributed by atoms with Gasteiger partial charge in [-0.3, -0.25) is 13.9 Å². The van der Waals surface area contributed by atoms with Gasteiger partial charge in [0.25, 0.3) is 0 Å². The summed E-state index contributed by atoms with van der Waals surface area (Å²) in [6, 6.07) is 8.02. The minimum absolute atomic E-state index is 0.0388. The molecule has 0 radical (unpaired) electrons. The number of benzene rings is 2. The van der Waals surface area contributed by atoms with Gasteiger partial charge in [-0.2, -0.15) is 0 Å². The van der Waals surface area contributed by atoms with Crippen molar-refractivity contribution in [3.8, 4) is 0 Å². The third-order valence-electron chi connectivity index (χ3n) is 5.39. The van der Waals surface area contributed by atoms with Crippen molar-refractivity contribution < 1.29 is 18.0 Å². The van der Waals surface area contributed by atoms with Crippen LogP contribution in [0.2, 0.25) is 20.1 Å². The molecule has 2 aromatic rings. The van der Waals surface area contributed by atoms with Crippen LogP contribution in [0.3, 0.4) is 0 Å². The number of hydrogen-bond acceptors (Lipinski definition) is 4. The molecule has 35 heavy (non-hydrogen) atoms. The number of sulfonamides is 1. The number of halogens is 4. The number of nitrogens with zero attached hydrogens (tertiary/aromatic N) is 2. The first-order chi connectivity index (χ1) is 16.2. The average molecular weight is 583 g/mol. The molecule has 0 aromatic heterocycles. The highest BCUT2D eigenvalue weighted by molar-refractivity contribution is 7.92. The Morgan fingerprint density at radius 2 is 1.63 bits per heavy atom. The fourth-order valence-electron chi connectivity index (χ4n) is 3.14. The van der Waals surface area contributed by atoms with E-state index in [4.69, 9.17) is 46.4 Å². The van der Waals surface area contributed by atoms with Crippen molar-refractivity contribution in [3.05, 3.63) is 62.1 Å². The summed E-state index contributed by atoms with van der Waals surface area (Å²) < 4.78 is 26.1. The van der Waals surface area contributed by atoms with E-state index in [1.807, 2.05) is 13.8 Å².